The van der Waals surface area contributed by atoms with Gasteiger partial charge in [0.05, 0.1) is 30.1 Å². The normalized spacial score (nSPS) is 13.8. The van der Waals surface area contributed by atoms with Crippen molar-refractivity contribution in [3.05, 3.63) is 93.5 Å². The minimum Gasteiger partial charge on any atom is -0.496 e. The van der Waals surface area contributed by atoms with Gasteiger partial charge in [-0.1, -0.05) is 30.3 Å². The fourth-order valence-electron chi connectivity index (χ4n) is 5.78. The number of aliphatic imine (C=N–C) groups is 1. The van der Waals surface area contributed by atoms with Crippen LogP contribution in [0.15, 0.2) is 70.4 Å². The van der Waals surface area contributed by atoms with Gasteiger partial charge in [-0.05, 0) is 82.7 Å². The molecule has 6 N–H and O–H groups in total. The number of aliphatic hydroxyl groups excluding tert-OH is 1. The van der Waals surface area contributed by atoms with Crippen molar-refractivity contribution in [2.24, 2.45) is 10.7 Å². The quantitative estimate of drug-likeness (QED) is 0.0625. The summed E-state index contributed by atoms with van der Waals surface area (Å²) in [6, 6.07) is 9.51. The van der Waals surface area contributed by atoms with E-state index in [9.17, 15) is 23.1 Å². The average Bonchev–Trinajstić information content (AvgIpc) is 3.79. The summed E-state index contributed by atoms with van der Waals surface area (Å²) in [4.78, 5) is 39.8. The topological polar surface area (TPSA) is 212 Å². The molecule has 17 heteroatoms. The van der Waals surface area contributed by atoms with Gasteiger partial charge in [0.15, 0.2) is 0 Å². The number of sulfonamides is 1. The van der Waals surface area contributed by atoms with Crippen molar-refractivity contribution < 1.29 is 32.6 Å². The van der Waals surface area contributed by atoms with E-state index >= 15 is 0 Å². The standard InChI is InChI=1S/C37H50N8O7S2/c1-23-18-30(51-7)24(2)25(3)32(23)54(49,50)44-35(38)40-15-11-14-28(31(46)34-39-16-17-53-34)42-33(47)29(43-36(48)52-37(4,5)6)19-27-21-45(22-41-27)20-26-12-9-8-10-13-26/h8-10,12-13,16-18,21-22,28-29,31,46H,11,14-15,19-20H2,1-7H3,(H,42,47)(H,43,48)(H3,38,40,44)/t28-,29-,31?/m0/s1. The lowest BCUT2D eigenvalue weighted by atomic mass is 10.0. The Morgan fingerprint density at radius 2 is 1.81 bits per heavy atom. The maximum atomic E-state index is 13.9. The fourth-order valence-corrected chi connectivity index (χ4v) is 7.95. The highest BCUT2D eigenvalue weighted by atomic mass is 32.2. The van der Waals surface area contributed by atoms with Crippen LogP contribution < -0.4 is 25.8 Å². The second-order valence-corrected chi connectivity index (χ2v) is 16.4. The zero-order chi connectivity index (χ0) is 39.6. The molecule has 0 saturated heterocycles. The molecule has 0 radical (unpaired) electrons. The molecule has 2 amide bonds. The number of benzene rings is 2. The summed E-state index contributed by atoms with van der Waals surface area (Å²) in [6.45, 7) is 10.9. The van der Waals surface area contributed by atoms with Crippen LogP contribution in [0.3, 0.4) is 0 Å². The van der Waals surface area contributed by atoms with Crippen molar-refractivity contribution in [2.75, 3.05) is 13.7 Å². The lowest BCUT2D eigenvalue weighted by Gasteiger charge is -2.27. The van der Waals surface area contributed by atoms with Crippen LogP contribution in [0.4, 0.5) is 4.79 Å². The molecule has 54 heavy (non-hydrogen) atoms. The molecule has 4 rings (SSSR count). The van der Waals surface area contributed by atoms with Gasteiger partial charge in [-0.3, -0.25) is 9.79 Å². The third-order valence-electron chi connectivity index (χ3n) is 8.39. The third kappa shape index (κ3) is 11.8. The Kier molecular flexibility index (Phi) is 14.2. The number of carbonyl (C=O) groups excluding carboxylic acids is 2. The Morgan fingerprint density at radius 3 is 2.46 bits per heavy atom. The summed E-state index contributed by atoms with van der Waals surface area (Å²) in [6.07, 6.45) is 3.58. The van der Waals surface area contributed by atoms with Gasteiger partial charge in [0.2, 0.25) is 11.9 Å². The average molecular weight is 783 g/mol. The lowest BCUT2D eigenvalue weighted by molar-refractivity contribution is -0.125. The lowest BCUT2D eigenvalue weighted by Crippen LogP contribution is -2.52. The van der Waals surface area contributed by atoms with Gasteiger partial charge in [-0.15, -0.1) is 11.3 Å². The Hall–Kier alpha value is -5.00. The maximum Gasteiger partial charge on any atom is 0.408 e. The van der Waals surface area contributed by atoms with E-state index in [0.717, 1.165) is 5.56 Å². The number of imidazole rings is 1. The largest absolute Gasteiger partial charge is 0.496 e. The molecule has 0 spiro atoms. The van der Waals surface area contributed by atoms with E-state index in [2.05, 4.69) is 30.3 Å². The van der Waals surface area contributed by atoms with E-state index in [1.165, 1.54) is 18.4 Å². The first-order valence-electron chi connectivity index (χ1n) is 17.4. The summed E-state index contributed by atoms with van der Waals surface area (Å²) >= 11 is 1.22. The Morgan fingerprint density at radius 1 is 1.09 bits per heavy atom. The first-order chi connectivity index (χ1) is 25.5. The van der Waals surface area contributed by atoms with Gasteiger partial charge in [-0.25, -0.2) is 27.9 Å². The number of nitrogens with two attached hydrogens (primary N) is 1. The van der Waals surface area contributed by atoms with Crippen LogP contribution in [0.5, 0.6) is 5.75 Å². The maximum absolute atomic E-state index is 13.9. The number of aryl methyl sites for hydroxylation is 1. The molecule has 0 saturated carbocycles. The Balaban J connectivity index is 1.47. The van der Waals surface area contributed by atoms with Gasteiger partial charge in [-0.2, -0.15) is 0 Å². The number of nitrogens with one attached hydrogen (secondary N) is 3. The van der Waals surface area contributed by atoms with Crippen LogP contribution in [0.25, 0.3) is 0 Å². The summed E-state index contributed by atoms with van der Waals surface area (Å²) in [5, 5.41) is 19.0. The molecule has 0 aliphatic rings. The molecule has 2 aromatic heterocycles. The van der Waals surface area contributed by atoms with Crippen LogP contribution in [0.2, 0.25) is 0 Å². The van der Waals surface area contributed by atoms with Crippen LogP contribution in [0.1, 0.15) is 72.7 Å². The molecule has 2 heterocycles. The van der Waals surface area contributed by atoms with Gasteiger partial charge < -0.3 is 35.5 Å². The molecular formula is C37H50N8O7S2. The number of aromatic nitrogens is 3. The Labute approximate surface area is 320 Å². The molecule has 3 atom stereocenters. The number of hydrogen-bond acceptors (Lipinski definition) is 11. The smallest absolute Gasteiger partial charge is 0.408 e. The van der Waals surface area contributed by atoms with Crippen molar-refractivity contribution in [1.29, 1.82) is 0 Å². The molecule has 0 aliphatic heterocycles. The third-order valence-corrected chi connectivity index (χ3v) is 10.9. The second kappa shape index (κ2) is 18.4. The van der Waals surface area contributed by atoms with E-state index in [4.69, 9.17) is 15.2 Å². The van der Waals surface area contributed by atoms with Crippen LogP contribution >= 0.6 is 11.3 Å². The molecule has 2 aromatic carbocycles. The summed E-state index contributed by atoms with van der Waals surface area (Å²) < 4.78 is 41.7. The number of ether oxygens (including phenoxy) is 2. The van der Waals surface area contributed by atoms with Crippen molar-refractivity contribution in [3.63, 3.8) is 0 Å². The van der Waals surface area contributed by atoms with E-state index in [0.29, 0.717) is 46.1 Å². The second-order valence-electron chi connectivity index (χ2n) is 13.8. The molecule has 1 unspecified atom stereocenters. The van der Waals surface area contributed by atoms with Crippen LogP contribution in [0, 0.1) is 20.8 Å². The van der Waals surface area contributed by atoms with E-state index in [1.807, 2.05) is 34.9 Å². The first kappa shape index (κ1) is 41.8. The van der Waals surface area contributed by atoms with Gasteiger partial charge in [0.1, 0.15) is 28.5 Å². The monoisotopic (exact) mass is 782 g/mol. The number of aliphatic hydroxyl groups is 1. The summed E-state index contributed by atoms with van der Waals surface area (Å²) in [5.74, 6) is -0.305. The predicted molar refractivity (Wildman–Crippen MR) is 207 cm³/mol. The highest BCUT2D eigenvalue weighted by Gasteiger charge is 2.31. The van der Waals surface area contributed by atoms with E-state index < -0.39 is 45.8 Å². The number of guanidine groups is 1. The minimum absolute atomic E-state index is 0.0422. The number of nitrogens with zero attached hydrogens (tertiary/aromatic N) is 4. The van der Waals surface area contributed by atoms with Crippen LogP contribution in [-0.2, 0) is 32.5 Å². The zero-order valence-electron chi connectivity index (χ0n) is 31.6. The summed E-state index contributed by atoms with van der Waals surface area (Å²) in [5.41, 5.74) is 8.55. The number of alkyl carbamates (subject to hydrolysis) is 1. The molecule has 0 bridgehead atoms. The molecule has 0 fully saturated rings. The minimum atomic E-state index is -4.07. The highest BCUT2D eigenvalue weighted by Crippen LogP contribution is 2.30. The van der Waals surface area contributed by atoms with Gasteiger partial charge >= 0.3 is 6.09 Å². The molecule has 15 nitrogen and oxygen atoms in total. The van der Waals surface area contributed by atoms with Gasteiger partial charge in [0, 0.05) is 37.3 Å². The fraction of sp³-hybridized carbons (Fsp3) is 0.432. The van der Waals surface area contributed by atoms with E-state index in [-0.39, 0.29) is 30.2 Å². The number of thiazole rings is 1. The number of amides is 2. The van der Waals surface area contributed by atoms with Crippen molar-refractivity contribution in [1.82, 2.24) is 29.9 Å². The van der Waals surface area contributed by atoms with E-state index in [1.54, 1.807) is 71.7 Å². The van der Waals surface area contributed by atoms with Gasteiger partial charge in [0.25, 0.3) is 10.0 Å². The molecule has 292 valence electrons. The highest BCUT2D eigenvalue weighted by molar-refractivity contribution is 7.90. The van der Waals surface area contributed by atoms with Crippen LogP contribution in [-0.4, -0.2) is 77.4 Å². The molecular weight excluding hydrogens is 733 g/mol. The predicted octanol–water partition coefficient (Wildman–Crippen LogP) is 4.05. The van der Waals surface area contributed by atoms with Crippen molar-refractivity contribution >= 4 is 39.3 Å². The zero-order valence-corrected chi connectivity index (χ0v) is 33.3. The Bertz CT molecular complexity index is 2010. The SMILES string of the molecule is COc1cc(C)c(S(=O)(=O)NC(N)=NCCC[C@H](NC(=O)[C@H](Cc2cn(Cc3ccccc3)cn2)NC(=O)OC(C)(C)C)C(O)c2nccs2)c(C)c1C. The molecule has 4 aromatic rings. The van der Waals surface area contributed by atoms with Crippen molar-refractivity contribution in [3.8, 4) is 5.75 Å². The van der Waals surface area contributed by atoms with Crippen molar-refractivity contribution in [2.45, 2.75) is 96.0 Å². The number of carbonyl (C=O) groups is 2. The number of methoxy groups -OCH3 is 1. The summed E-state index contributed by atoms with van der Waals surface area (Å²) in [7, 11) is -2.55. The first-order valence-corrected chi connectivity index (χ1v) is 19.7. The number of hydrogen-bond donors (Lipinski definition) is 5. The molecule has 0 aliphatic carbocycles. The number of rotatable bonds is 16.